The first-order valence-corrected chi connectivity index (χ1v) is 5.21. The maximum atomic E-state index is 11.7. The number of carbonyl (C=O) groups excluding carboxylic acids is 2. The molecule has 0 aromatic rings. The minimum Gasteiger partial charge on any atom is -0.392 e. The molecule has 1 rings (SSSR count). The van der Waals surface area contributed by atoms with Crippen LogP contribution in [0.4, 0.5) is 4.79 Å². The van der Waals surface area contributed by atoms with E-state index in [1.54, 1.807) is 6.92 Å². The molecule has 1 heterocycles. The summed E-state index contributed by atoms with van der Waals surface area (Å²) in [6, 6.07) is -0.817. The Kier molecular flexibility index (Phi) is 3.68. The second-order valence-electron chi connectivity index (χ2n) is 4.43. The lowest BCUT2D eigenvalue weighted by Crippen LogP contribution is -2.37. The number of amides is 3. The summed E-state index contributed by atoms with van der Waals surface area (Å²) in [5.74, 6) is 0.125. The number of rotatable bonds is 4. The van der Waals surface area contributed by atoms with Crippen molar-refractivity contribution in [2.75, 3.05) is 6.54 Å². The summed E-state index contributed by atoms with van der Waals surface area (Å²) in [4.78, 5) is 24.2. The number of aliphatic hydroxyl groups is 1. The van der Waals surface area contributed by atoms with Gasteiger partial charge in [-0.25, -0.2) is 4.79 Å². The molecule has 0 saturated carbocycles. The molecule has 2 atom stereocenters. The van der Waals surface area contributed by atoms with Gasteiger partial charge in [-0.2, -0.15) is 0 Å². The lowest BCUT2D eigenvalue weighted by Gasteiger charge is -2.15. The van der Waals surface area contributed by atoms with Gasteiger partial charge in [0.2, 0.25) is 0 Å². The molecule has 5 heteroatoms. The number of nitrogens with one attached hydrogen (secondary N) is 1. The lowest BCUT2D eigenvalue weighted by atomic mass is 10.0. The predicted octanol–water partition coefficient (Wildman–Crippen LogP) is 0.334. The molecular weight excluding hydrogens is 196 g/mol. The zero-order valence-electron chi connectivity index (χ0n) is 9.36. The highest BCUT2D eigenvalue weighted by Gasteiger charge is 2.38. The second kappa shape index (κ2) is 4.61. The monoisotopic (exact) mass is 214 g/mol. The number of hydrogen-bond donors (Lipinski definition) is 2. The van der Waals surface area contributed by atoms with E-state index in [0.29, 0.717) is 12.3 Å². The van der Waals surface area contributed by atoms with Crippen molar-refractivity contribution in [2.45, 2.75) is 39.3 Å². The Morgan fingerprint density at radius 3 is 2.47 bits per heavy atom. The van der Waals surface area contributed by atoms with Crippen LogP contribution in [0.1, 0.15) is 27.2 Å². The van der Waals surface area contributed by atoms with Gasteiger partial charge >= 0.3 is 6.03 Å². The van der Waals surface area contributed by atoms with Crippen molar-refractivity contribution >= 4 is 11.9 Å². The van der Waals surface area contributed by atoms with Gasteiger partial charge in [0.15, 0.2) is 0 Å². The zero-order valence-corrected chi connectivity index (χ0v) is 9.36. The van der Waals surface area contributed by atoms with Crippen LogP contribution in [0.15, 0.2) is 0 Å². The molecule has 0 aromatic carbocycles. The van der Waals surface area contributed by atoms with Gasteiger partial charge in [0.1, 0.15) is 6.04 Å². The molecule has 0 aliphatic carbocycles. The van der Waals surface area contributed by atoms with Crippen LogP contribution >= 0.6 is 0 Å². The van der Waals surface area contributed by atoms with E-state index in [1.165, 1.54) is 0 Å². The van der Waals surface area contributed by atoms with E-state index in [9.17, 15) is 9.59 Å². The summed E-state index contributed by atoms with van der Waals surface area (Å²) in [6.45, 7) is 5.61. The summed E-state index contributed by atoms with van der Waals surface area (Å²) in [5, 5.41) is 11.8. The van der Waals surface area contributed by atoms with E-state index in [4.69, 9.17) is 5.11 Å². The van der Waals surface area contributed by atoms with E-state index < -0.39 is 18.2 Å². The molecule has 15 heavy (non-hydrogen) atoms. The van der Waals surface area contributed by atoms with Crippen LogP contribution in [0.2, 0.25) is 0 Å². The standard InChI is InChI=1S/C10H18N2O3/c1-6(2)4-8-9(14)12(5-7(3)13)10(15)11-8/h6-8,13H,4-5H2,1-3H3,(H,11,15). The van der Waals surface area contributed by atoms with E-state index in [-0.39, 0.29) is 12.5 Å². The number of imide groups is 1. The van der Waals surface area contributed by atoms with Gasteiger partial charge in [-0.05, 0) is 19.3 Å². The fourth-order valence-electron chi connectivity index (χ4n) is 1.65. The number of urea groups is 1. The Morgan fingerprint density at radius 1 is 1.40 bits per heavy atom. The van der Waals surface area contributed by atoms with Crippen LogP contribution in [0, 0.1) is 5.92 Å². The van der Waals surface area contributed by atoms with Crippen molar-refractivity contribution < 1.29 is 14.7 Å². The van der Waals surface area contributed by atoms with Crippen molar-refractivity contribution in [1.29, 1.82) is 0 Å². The van der Waals surface area contributed by atoms with Crippen molar-refractivity contribution in [2.24, 2.45) is 5.92 Å². The Morgan fingerprint density at radius 2 is 2.00 bits per heavy atom. The molecule has 0 spiro atoms. The lowest BCUT2D eigenvalue weighted by molar-refractivity contribution is -0.128. The fraction of sp³-hybridized carbons (Fsp3) is 0.800. The molecule has 0 aromatic heterocycles. The molecule has 1 fully saturated rings. The van der Waals surface area contributed by atoms with E-state index in [1.807, 2.05) is 13.8 Å². The van der Waals surface area contributed by atoms with Crippen molar-refractivity contribution in [1.82, 2.24) is 10.2 Å². The van der Waals surface area contributed by atoms with Gasteiger partial charge in [0.05, 0.1) is 12.6 Å². The number of nitrogens with zero attached hydrogens (tertiary/aromatic N) is 1. The molecule has 0 bridgehead atoms. The Bertz CT molecular complexity index is 263. The number of hydrogen-bond acceptors (Lipinski definition) is 3. The van der Waals surface area contributed by atoms with Gasteiger partial charge in [-0.3, -0.25) is 9.69 Å². The predicted molar refractivity (Wildman–Crippen MR) is 55.2 cm³/mol. The highest BCUT2D eigenvalue weighted by Crippen LogP contribution is 2.14. The van der Waals surface area contributed by atoms with E-state index >= 15 is 0 Å². The van der Waals surface area contributed by atoms with Crippen LogP contribution in [-0.4, -0.2) is 40.6 Å². The maximum Gasteiger partial charge on any atom is 0.324 e. The average molecular weight is 214 g/mol. The smallest absolute Gasteiger partial charge is 0.324 e. The van der Waals surface area contributed by atoms with Crippen molar-refractivity contribution in [3.63, 3.8) is 0 Å². The summed E-state index contributed by atoms with van der Waals surface area (Å²) in [5.41, 5.74) is 0. The first kappa shape index (κ1) is 12.0. The third kappa shape index (κ3) is 2.92. The highest BCUT2D eigenvalue weighted by molar-refractivity contribution is 6.04. The Balaban J connectivity index is 2.62. The molecule has 1 saturated heterocycles. The maximum absolute atomic E-state index is 11.7. The third-order valence-corrected chi connectivity index (χ3v) is 2.26. The van der Waals surface area contributed by atoms with Crippen molar-refractivity contribution in [3.8, 4) is 0 Å². The van der Waals surface area contributed by atoms with Crippen LogP contribution in [0.3, 0.4) is 0 Å². The Labute approximate surface area is 89.4 Å². The molecule has 0 radical (unpaired) electrons. The first-order valence-electron chi connectivity index (χ1n) is 5.21. The molecule has 5 nitrogen and oxygen atoms in total. The normalized spacial score (nSPS) is 23.5. The first-order chi connectivity index (χ1) is 6.91. The summed E-state index contributed by atoms with van der Waals surface area (Å²) in [7, 11) is 0. The molecule has 2 N–H and O–H groups in total. The second-order valence-corrected chi connectivity index (χ2v) is 4.43. The van der Waals surface area contributed by atoms with Gasteiger partial charge in [0.25, 0.3) is 5.91 Å². The average Bonchev–Trinajstić information content (AvgIpc) is 2.31. The minimum absolute atomic E-state index is 0.0687. The van der Waals surface area contributed by atoms with Gasteiger partial charge in [0, 0.05) is 0 Å². The fourth-order valence-corrected chi connectivity index (χ4v) is 1.65. The minimum atomic E-state index is -0.683. The topological polar surface area (TPSA) is 69.6 Å². The molecule has 1 aliphatic rings. The molecule has 86 valence electrons. The number of carbonyl (C=O) groups is 2. The van der Waals surface area contributed by atoms with Crippen LogP contribution < -0.4 is 5.32 Å². The zero-order chi connectivity index (χ0) is 11.6. The molecule has 2 unspecified atom stereocenters. The van der Waals surface area contributed by atoms with Gasteiger partial charge < -0.3 is 10.4 Å². The number of aliphatic hydroxyl groups excluding tert-OH is 1. The molecule has 1 aliphatic heterocycles. The van der Waals surface area contributed by atoms with Crippen LogP contribution in [0.5, 0.6) is 0 Å². The number of β-amino-alcohol motifs (C(OH)–C–C–N with tert-alkyl or cyclic N) is 1. The Hall–Kier alpha value is -1.10. The summed E-state index contributed by atoms with van der Waals surface area (Å²) < 4.78 is 0. The largest absolute Gasteiger partial charge is 0.392 e. The van der Waals surface area contributed by atoms with Gasteiger partial charge in [-0.15, -0.1) is 0 Å². The molecular formula is C10H18N2O3. The van der Waals surface area contributed by atoms with E-state index in [0.717, 1.165) is 4.90 Å². The summed E-state index contributed by atoms with van der Waals surface area (Å²) in [6.07, 6.45) is -0.0431. The quantitative estimate of drug-likeness (QED) is 0.663. The van der Waals surface area contributed by atoms with Crippen LogP contribution in [0.25, 0.3) is 0 Å². The van der Waals surface area contributed by atoms with Crippen molar-refractivity contribution in [3.05, 3.63) is 0 Å². The van der Waals surface area contributed by atoms with Gasteiger partial charge in [-0.1, -0.05) is 13.8 Å². The third-order valence-electron chi connectivity index (χ3n) is 2.26. The van der Waals surface area contributed by atoms with E-state index in [2.05, 4.69) is 5.32 Å². The highest BCUT2D eigenvalue weighted by atomic mass is 16.3. The SMILES string of the molecule is CC(C)CC1NC(=O)N(CC(C)O)C1=O. The summed E-state index contributed by atoms with van der Waals surface area (Å²) >= 11 is 0. The molecule has 3 amide bonds. The van der Waals surface area contributed by atoms with Crippen LogP contribution in [-0.2, 0) is 4.79 Å².